The molecule has 2 aromatic carbocycles. The molecule has 0 radical (unpaired) electrons. The molecule has 1 atom stereocenters. The molecule has 2 N–H and O–H groups in total. The van der Waals surface area contributed by atoms with Gasteiger partial charge < -0.3 is 15.0 Å². The van der Waals surface area contributed by atoms with E-state index in [9.17, 15) is 14.5 Å². The van der Waals surface area contributed by atoms with Crippen LogP contribution in [0.2, 0.25) is 0 Å². The van der Waals surface area contributed by atoms with Crippen molar-refractivity contribution in [1.29, 1.82) is 0 Å². The quantitative estimate of drug-likeness (QED) is 0.161. The maximum absolute atomic E-state index is 12.5. The van der Waals surface area contributed by atoms with E-state index >= 15 is 0 Å². The largest absolute Gasteiger partial charge is 0.611 e. The molecule has 0 heterocycles. The van der Waals surface area contributed by atoms with E-state index in [1.165, 1.54) is 57.4 Å². The molecular weight excluding hydrogens is 430 g/mol. The Labute approximate surface area is 202 Å². The summed E-state index contributed by atoms with van der Waals surface area (Å²) in [5.74, 6) is 0.665. The molecule has 0 aromatic heterocycles. The van der Waals surface area contributed by atoms with Crippen LogP contribution in [0.3, 0.4) is 0 Å². The number of carbonyl (C=O) groups is 1. The zero-order valence-electron chi connectivity index (χ0n) is 20.1. The number of allylic oxidation sites excluding steroid dienone is 1. The van der Waals surface area contributed by atoms with E-state index < -0.39 is 11.2 Å². The summed E-state index contributed by atoms with van der Waals surface area (Å²) in [6.07, 6.45) is 14.2. The number of phenols is 1. The van der Waals surface area contributed by atoms with Gasteiger partial charge in [0.1, 0.15) is 11.5 Å². The van der Waals surface area contributed by atoms with Crippen LogP contribution in [0.5, 0.6) is 5.75 Å². The molecule has 0 aliphatic rings. The van der Waals surface area contributed by atoms with Crippen molar-refractivity contribution in [3.05, 3.63) is 60.2 Å². The number of nitrogens with one attached hydrogen (secondary N) is 1. The number of amides is 1. The Balaban J connectivity index is 1.67. The van der Waals surface area contributed by atoms with Gasteiger partial charge in [0, 0.05) is 11.8 Å². The standard InChI is InChI=1S/C28H39NO3S/c1-3-4-5-6-7-8-9-10-11-12-21-33(32)27-19-15-25(16-20-27)29-28(31)22-23(2)24-13-17-26(30)18-14-24/h13-20,22,30H,3-12,21H2,1-2H3,(H,29,31)/b23-22+. The smallest absolute Gasteiger partial charge is 0.248 e. The summed E-state index contributed by atoms with van der Waals surface area (Å²) < 4.78 is 12.5. The lowest BCUT2D eigenvalue weighted by Gasteiger charge is -2.11. The van der Waals surface area contributed by atoms with Crippen molar-refractivity contribution in [2.45, 2.75) is 83.0 Å². The molecule has 180 valence electrons. The second-order valence-corrected chi connectivity index (χ2v) is 10.2. The van der Waals surface area contributed by atoms with Crippen LogP contribution in [-0.2, 0) is 16.0 Å². The van der Waals surface area contributed by atoms with E-state index in [1.54, 1.807) is 36.4 Å². The Morgan fingerprint density at radius 3 is 2.00 bits per heavy atom. The lowest BCUT2D eigenvalue weighted by molar-refractivity contribution is -0.111. The first-order valence-electron chi connectivity index (χ1n) is 12.3. The van der Waals surface area contributed by atoms with Crippen LogP contribution in [0.15, 0.2) is 59.5 Å². The fourth-order valence-electron chi connectivity index (χ4n) is 3.71. The normalized spacial score (nSPS) is 12.5. The van der Waals surface area contributed by atoms with E-state index in [0.29, 0.717) is 11.4 Å². The van der Waals surface area contributed by atoms with Crippen molar-refractivity contribution in [3.63, 3.8) is 0 Å². The molecule has 33 heavy (non-hydrogen) atoms. The second kappa shape index (κ2) is 15.6. The first-order valence-corrected chi connectivity index (χ1v) is 13.6. The number of anilines is 1. The SMILES string of the molecule is CCCCCCCCCCCC[S+]([O-])c1ccc(NC(=O)/C=C(\C)c2ccc(O)cc2)cc1. The maximum atomic E-state index is 12.5. The van der Waals surface area contributed by atoms with Crippen molar-refractivity contribution in [2.24, 2.45) is 0 Å². The number of aromatic hydroxyl groups is 1. The lowest BCUT2D eigenvalue weighted by Crippen LogP contribution is -2.10. The number of rotatable bonds is 15. The second-order valence-electron chi connectivity index (χ2n) is 8.62. The van der Waals surface area contributed by atoms with Crippen LogP contribution in [0.4, 0.5) is 5.69 Å². The van der Waals surface area contributed by atoms with Gasteiger partial charge in [-0.25, -0.2) is 0 Å². The molecule has 5 heteroatoms. The summed E-state index contributed by atoms with van der Waals surface area (Å²) in [6.45, 7) is 4.10. The number of benzene rings is 2. The van der Waals surface area contributed by atoms with Crippen LogP contribution >= 0.6 is 0 Å². The van der Waals surface area contributed by atoms with Gasteiger partial charge >= 0.3 is 0 Å². The fourth-order valence-corrected chi connectivity index (χ4v) is 4.85. The highest BCUT2D eigenvalue weighted by atomic mass is 32.2. The Bertz CT molecular complexity index is 846. The number of unbranched alkanes of at least 4 members (excludes halogenated alkanes) is 9. The zero-order valence-corrected chi connectivity index (χ0v) is 21.0. The van der Waals surface area contributed by atoms with Crippen molar-refractivity contribution in [3.8, 4) is 5.75 Å². The Kier molecular flexibility index (Phi) is 12.7. The van der Waals surface area contributed by atoms with Crippen LogP contribution in [-0.4, -0.2) is 21.3 Å². The van der Waals surface area contributed by atoms with Crippen molar-refractivity contribution < 1.29 is 14.5 Å². The van der Waals surface area contributed by atoms with Crippen LogP contribution in [0, 0.1) is 0 Å². The number of hydrogen-bond acceptors (Lipinski definition) is 3. The molecule has 0 spiro atoms. The van der Waals surface area contributed by atoms with E-state index in [4.69, 9.17) is 0 Å². The fraction of sp³-hybridized carbons (Fsp3) is 0.464. The highest BCUT2D eigenvalue weighted by Crippen LogP contribution is 2.20. The maximum Gasteiger partial charge on any atom is 0.248 e. The molecule has 1 unspecified atom stereocenters. The van der Waals surface area contributed by atoms with Gasteiger partial charge in [0.05, 0.1) is 0 Å². The summed E-state index contributed by atoms with van der Waals surface area (Å²) in [4.78, 5) is 13.1. The average molecular weight is 470 g/mol. The average Bonchev–Trinajstić information content (AvgIpc) is 2.81. The summed E-state index contributed by atoms with van der Waals surface area (Å²) >= 11 is -0.998. The minimum atomic E-state index is -0.998. The molecule has 0 saturated carbocycles. The number of hydrogen-bond donors (Lipinski definition) is 2. The minimum Gasteiger partial charge on any atom is -0.611 e. The van der Waals surface area contributed by atoms with E-state index in [2.05, 4.69) is 12.2 Å². The molecule has 2 rings (SSSR count). The Hall–Kier alpha value is -2.24. The van der Waals surface area contributed by atoms with Crippen LogP contribution in [0.1, 0.15) is 83.6 Å². The van der Waals surface area contributed by atoms with Gasteiger partial charge in [-0.1, -0.05) is 70.4 Å². The molecule has 1 amide bonds. The van der Waals surface area contributed by atoms with E-state index in [-0.39, 0.29) is 11.7 Å². The van der Waals surface area contributed by atoms with Gasteiger partial charge in [-0.15, -0.1) is 0 Å². The molecular formula is C28H39NO3S. The summed E-state index contributed by atoms with van der Waals surface area (Å²) in [7, 11) is 0. The van der Waals surface area contributed by atoms with Gasteiger partial charge in [-0.2, -0.15) is 0 Å². The van der Waals surface area contributed by atoms with Crippen molar-refractivity contribution in [1.82, 2.24) is 0 Å². The topological polar surface area (TPSA) is 72.4 Å². The van der Waals surface area contributed by atoms with E-state index in [1.807, 2.05) is 19.1 Å². The minimum absolute atomic E-state index is 0.196. The van der Waals surface area contributed by atoms with Gasteiger partial charge in [-0.3, -0.25) is 4.79 Å². The van der Waals surface area contributed by atoms with Gasteiger partial charge in [-0.05, 0) is 78.5 Å². The van der Waals surface area contributed by atoms with Crippen molar-refractivity contribution in [2.75, 3.05) is 11.1 Å². The highest BCUT2D eigenvalue weighted by molar-refractivity contribution is 7.91. The predicted octanol–water partition coefficient (Wildman–Crippen LogP) is 7.46. The van der Waals surface area contributed by atoms with Crippen LogP contribution < -0.4 is 5.32 Å². The van der Waals surface area contributed by atoms with Gasteiger partial charge in [0.2, 0.25) is 5.91 Å². The first-order chi connectivity index (χ1) is 16.0. The molecule has 0 saturated heterocycles. The third-order valence-corrected chi connectivity index (χ3v) is 7.20. The highest BCUT2D eigenvalue weighted by Gasteiger charge is 2.11. The molecule has 0 aliphatic carbocycles. The number of phenolic OH excluding ortho intramolecular Hbond substituents is 1. The summed E-state index contributed by atoms with van der Waals surface area (Å²) in [6, 6.07) is 14.0. The van der Waals surface area contributed by atoms with Crippen LogP contribution in [0.25, 0.3) is 5.57 Å². The van der Waals surface area contributed by atoms with Gasteiger partial charge in [0.25, 0.3) is 0 Å². The zero-order chi connectivity index (χ0) is 23.9. The first kappa shape index (κ1) is 27.0. The lowest BCUT2D eigenvalue weighted by atomic mass is 10.1. The van der Waals surface area contributed by atoms with Crippen molar-refractivity contribution >= 4 is 28.3 Å². The molecule has 0 fully saturated rings. The molecule has 0 bridgehead atoms. The molecule has 4 nitrogen and oxygen atoms in total. The molecule has 2 aromatic rings. The number of carbonyl (C=O) groups excluding carboxylic acids is 1. The van der Waals surface area contributed by atoms with Gasteiger partial charge in [0.15, 0.2) is 4.90 Å². The Morgan fingerprint density at radius 1 is 0.879 bits per heavy atom. The summed E-state index contributed by atoms with van der Waals surface area (Å²) in [5, 5.41) is 12.2. The van der Waals surface area contributed by atoms with E-state index in [0.717, 1.165) is 28.9 Å². The predicted molar refractivity (Wildman–Crippen MR) is 140 cm³/mol. The monoisotopic (exact) mass is 469 g/mol. The Morgan fingerprint density at radius 2 is 1.42 bits per heavy atom. The third kappa shape index (κ3) is 11.0. The summed E-state index contributed by atoms with van der Waals surface area (Å²) in [5.41, 5.74) is 2.36. The molecule has 0 aliphatic heterocycles. The third-order valence-electron chi connectivity index (χ3n) is 5.74.